The van der Waals surface area contributed by atoms with Crippen molar-refractivity contribution < 1.29 is 27.0 Å². The van der Waals surface area contributed by atoms with E-state index in [2.05, 4.69) is 31.9 Å². The Bertz CT molecular complexity index is 614. The molecule has 0 aliphatic carbocycles. The predicted molar refractivity (Wildman–Crippen MR) is 102 cm³/mol. The fourth-order valence-corrected chi connectivity index (χ4v) is 5.95. The fraction of sp³-hybridized carbons (Fsp3) is 0.400. The number of hydrogen-bond acceptors (Lipinski definition) is 3. The van der Waals surface area contributed by atoms with Crippen LogP contribution in [0.15, 0.2) is 18.2 Å². The molecule has 0 spiro atoms. The molecule has 3 aliphatic rings. The highest BCUT2D eigenvalue weighted by atomic mass is 28.2. The van der Waals surface area contributed by atoms with Gasteiger partial charge in [-0.3, -0.25) is 0 Å². The van der Waals surface area contributed by atoms with Crippen molar-refractivity contribution in [3.05, 3.63) is 18.2 Å². The molecule has 3 heterocycles. The summed E-state index contributed by atoms with van der Waals surface area (Å²) in [7, 11) is -1.04. The SMILES string of the molecule is C1=[N+](c2cc([N+]3=CO[SiH2]CC3)cc([N+]3=CO[SiH2]CC3)c2)CC[SiH2]O1. The minimum absolute atomic E-state index is 0.347. The fourth-order valence-electron chi connectivity index (χ4n) is 3.19. The molecule has 0 atom stereocenters. The zero-order chi connectivity index (χ0) is 16.2. The molecule has 0 saturated heterocycles. The molecule has 0 bridgehead atoms. The lowest BCUT2D eigenvalue weighted by atomic mass is 10.2. The van der Waals surface area contributed by atoms with Crippen LogP contribution in [-0.2, 0) is 13.3 Å². The average Bonchev–Trinajstić information content (AvgIpc) is 2.70. The number of nitrogens with zero attached hydrogens (tertiary/aromatic N) is 3. The number of benzene rings is 1. The first-order valence-electron chi connectivity index (χ1n) is 8.70. The summed E-state index contributed by atoms with van der Waals surface area (Å²) in [5.41, 5.74) is 3.55. The summed E-state index contributed by atoms with van der Waals surface area (Å²) in [6, 6.07) is 10.3. The highest BCUT2D eigenvalue weighted by Gasteiger charge is 2.26. The number of rotatable bonds is 3. The Hall–Kier alpha value is -1.72. The van der Waals surface area contributed by atoms with E-state index < -0.39 is 0 Å². The summed E-state index contributed by atoms with van der Waals surface area (Å²) in [5.74, 6) is 0. The van der Waals surface area contributed by atoms with Gasteiger partial charge in [0.25, 0.3) is 0 Å². The van der Waals surface area contributed by atoms with Crippen LogP contribution in [0.4, 0.5) is 17.1 Å². The monoisotopic (exact) mass is 378 g/mol. The van der Waals surface area contributed by atoms with E-state index in [4.69, 9.17) is 13.3 Å². The van der Waals surface area contributed by atoms with Gasteiger partial charge in [0.15, 0.2) is 19.6 Å². The first-order chi connectivity index (χ1) is 11.9. The van der Waals surface area contributed by atoms with Crippen molar-refractivity contribution in [2.75, 3.05) is 19.6 Å². The summed E-state index contributed by atoms with van der Waals surface area (Å²) in [5, 5.41) is 0. The molecule has 6 nitrogen and oxygen atoms in total. The molecule has 9 heteroatoms. The van der Waals surface area contributed by atoms with Crippen LogP contribution in [-0.4, -0.2) is 81.9 Å². The number of hydrogen-bond donors (Lipinski definition) is 0. The van der Waals surface area contributed by atoms with Gasteiger partial charge >= 0.3 is 19.2 Å². The lowest BCUT2D eigenvalue weighted by molar-refractivity contribution is -0.457. The van der Waals surface area contributed by atoms with Crippen molar-refractivity contribution in [1.82, 2.24) is 0 Å². The van der Waals surface area contributed by atoms with Crippen LogP contribution < -0.4 is 0 Å². The maximum absolute atomic E-state index is 5.67. The van der Waals surface area contributed by atoms with Gasteiger partial charge in [0.05, 0.1) is 18.2 Å². The summed E-state index contributed by atoms with van der Waals surface area (Å²) in [6.07, 6.45) is 5.72. The Morgan fingerprint density at radius 2 is 0.917 bits per heavy atom. The van der Waals surface area contributed by atoms with E-state index >= 15 is 0 Å². The maximum atomic E-state index is 5.67. The van der Waals surface area contributed by atoms with Crippen LogP contribution in [0.3, 0.4) is 0 Å². The standard InChI is InChI=1S/C15H24N3O3Si3/c1-4-22-19-10-16(1)13-7-14(17-2-5-23-20-11-17)9-15(8-13)18-3-6-24-21-12-18/h7-12H,1-6,22-24H2/q+3. The lowest BCUT2D eigenvalue weighted by Crippen LogP contribution is -2.23. The van der Waals surface area contributed by atoms with E-state index in [1.54, 1.807) is 0 Å². The van der Waals surface area contributed by atoms with E-state index in [0.717, 1.165) is 19.6 Å². The van der Waals surface area contributed by atoms with E-state index in [-0.39, 0.29) is 29.3 Å². The quantitative estimate of drug-likeness (QED) is 0.516. The summed E-state index contributed by atoms with van der Waals surface area (Å²) >= 11 is 0. The molecule has 126 valence electrons. The van der Waals surface area contributed by atoms with Crippen molar-refractivity contribution in [2.24, 2.45) is 0 Å². The highest BCUT2D eigenvalue weighted by Crippen LogP contribution is 2.29. The van der Waals surface area contributed by atoms with Gasteiger partial charge in [-0.25, -0.2) is 0 Å². The third-order valence-corrected chi connectivity index (χ3v) is 7.44. The largest absolute Gasteiger partial charge is 0.510 e. The molecular formula is C15H24N3O3Si3+3. The second kappa shape index (κ2) is 7.45. The molecule has 0 saturated carbocycles. The molecule has 4 rings (SSSR count). The Kier molecular flexibility index (Phi) is 4.90. The summed E-state index contributed by atoms with van der Waals surface area (Å²) < 4.78 is 23.7. The van der Waals surface area contributed by atoms with Gasteiger partial charge in [-0.05, 0) is 0 Å². The molecule has 3 aliphatic heterocycles. The third kappa shape index (κ3) is 3.52. The van der Waals surface area contributed by atoms with Gasteiger partial charge in [0.2, 0.25) is 46.4 Å². The molecule has 1 aromatic rings. The normalized spacial score (nSPS) is 23.8. The summed E-state index contributed by atoms with van der Waals surface area (Å²) in [4.78, 5) is 0. The first kappa shape index (κ1) is 15.8. The van der Waals surface area contributed by atoms with Crippen molar-refractivity contribution in [1.29, 1.82) is 0 Å². The van der Waals surface area contributed by atoms with Crippen LogP contribution in [0.5, 0.6) is 0 Å². The molecular weight excluding hydrogens is 354 g/mol. The van der Waals surface area contributed by atoms with Crippen molar-refractivity contribution in [2.45, 2.75) is 18.1 Å². The topological polar surface area (TPSA) is 36.7 Å². The van der Waals surface area contributed by atoms with Gasteiger partial charge in [-0.2, -0.15) is 13.7 Å². The van der Waals surface area contributed by atoms with Gasteiger partial charge in [0.1, 0.15) is 0 Å². The Labute approximate surface area is 148 Å². The smallest absolute Gasteiger partial charge is 0.315 e. The van der Waals surface area contributed by atoms with E-state index in [1.807, 2.05) is 19.2 Å². The maximum Gasteiger partial charge on any atom is 0.315 e. The van der Waals surface area contributed by atoms with Gasteiger partial charge in [-0.1, -0.05) is 0 Å². The molecule has 1 aromatic carbocycles. The van der Waals surface area contributed by atoms with Crippen LogP contribution in [0.1, 0.15) is 0 Å². The van der Waals surface area contributed by atoms with Crippen molar-refractivity contribution in [3.63, 3.8) is 0 Å². The molecule has 0 unspecified atom stereocenters. The minimum Gasteiger partial charge on any atom is -0.510 e. The molecule has 0 N–H and O–H groups in total. The summed E-state index contributed by atoms with van der Waals surface area (Å²) in [6.45, 7) is 3.15. The van der Waals surface area contributed by atoms with Crippen LogP contribution in [0.2, 0.25) is 18.1 Å². The first-order valence-corrected chi connectivity index (χ1v) is 13.4. The van der Waals surface area contributed by atoms with Gasteiger partial charge < -0.3 is 13.3 Å². The van der Waals surface area contributed by atoms with E-state index in [9.17, 15) is 0 Å². The zero-order valence-electron chi connectivity index (χ0n) is 13.9. The predicted octanol–water partition coefficient (Wildman–Crippen LogP) is -0.700. The van der Waals surface area contributed by atoms with Crippen molar-refractivity contribution in [3.8, 4) is 0 Å². The van der Waals surface area contributed by atoms with Crippen LogP contribution in [0.25, 0.3) is 0 Å². The zero-order valence-corrected chi connectivity index (χ0v) is 18.1. The minimum atomic E-state index is -0.347. The van der Waals surface area contributed by atoms with Crippen LogP contribution in [0, 0.1) is 0 Å². The third-order valence-electron chi connectivity index (χ3n) is 4.47. The molecule has 0 radical (unpaired) electrons. The Morgan fingerprint density at radius 3 is 1.17 bits per heavy atom. The van der Waals surface area contributed by atoms with E-state index in [0.29, 0.717) is 0 Å². The lowest BCUT2D eigenvalue weighted by Gasteiger charge is -2.13. The van der Waals surface area contributed by atoms with Crippen LogP contribution >= 0.6 is 0 Å². The molecule has 0 fully saturated rings. The Morgan fingerprint density at radius 1 is 0.583 bits per heavy atom. The van der Waals surface area contributed by atoms with E-state index in [1.165, 1.54) is 35.2 Å². The van der Waals surface area contributed by atoms with Gasteiger partial charge in [-0.15, -0.1) is 0 Å². The average molecular weight is 379 g/mol. The highest BCUT2D eigenvalue weighted by molar-refractivity contribution is 6.30. The van der Waals surface area contributed by atoms with Crippen molar-refractivity contribution >= 4 is 65.6 Å². The Balaban J connectivity index is 1.76. The molecule has 24 heavy (non-hydrogen) atoms. The second-order valence-corrected chi connectivity index (χ2v) is 10.6. The second-order valence-electron chi connectivity index (χ2n) is 6.28. The molecule has 0 amide bonds. The molecule has 0 aromatic heterocycles. The van der Waals surface area contributed by atoms with Gasteiger partial charge in [0, 0.05) is 18.1 Å².